The second-order valence-corrected chi connectivity index (χ2v) is 4.96. The third-order valence-electron chi connectivity index (χ3n) is 2.35. The van der Waals surface area contributed by atoms with Crippen LogP contribution in [0.3, 0.4) is 0 Å². The van der Waals surface area contributed by atoms with Crippen LogP contribution in [0.5, 0.6) is 0 Å². The maximum atomic E-state index is 10.8. The van der Waals surface area contributed by atoms with Crippen molar-refractivity contribution in [3.8, 4) is 6.07 Å². The van der Waals surface area contributed by atoms with Gasteiger partial charge >= 0.3 is 0 Å². The van der Waals surface area contributed by atoms with Crippen molar-refractivity contribution in [3.63, 3.8) is 0 Å². The van der Waals surface area contributed by atoms with Gasteiger partial charge in [-0.2, -0.15) is 5.26 Å². The highest BCUT2D eigenvalue weighted by molar-refractivity contribution is 9.10. The van der Waals surface area contributed by atoms with Crippen LogP contribution in [0.1, 0.15) is 5.56 Å². The second kappa shape index (κ2) is 5.86. The molecule has 0 bridgehead atoms. The summed E-state index contributed by atoms with van der Waals surface area (Å²) in [7, 11) is 0. The standard InChI is InChI=1S/C12H6BrClN4O2/c13-9-3-7(6-15)1-2-10(9)16-12-5-8(18(19)20)4-11(14)17-12/h1-5H,(H,16,17). The van der Waals surface area contributed by atoms with Crippen LogP contribution in [-0.2, 0) is 0 Å². The van der Waals surface area contributed by atoms with Crippen LogP contribution >= 0.6 is 27.5 Å². The Morgan fingerprint density at radius 3 is 2.75 bits per heavy atom. The zero-order valence-electron chi connectivity index (χ0n) is 9.80. The fraction of sp³-hybridized carbons (Fsp3) is 0. The highest BCUT2D eigenvalue weighted by Gasteiger charge is 2.11. The largest absolute Gasteiger partial charge is 0.339 e. The number of pyridine rings is 1. The van der Waals surface area contributed by atoms with Crippen molar-refractivity contribution in [2.45, 2.75) is 0 Å². The molecule has 2 rings (SSSR count). The molecule has 8 heteroatoms. The number of anilines is 2. The lowest BCUT2D eigenvalue weighted by molar-refractivity contribution is -0.384. The monoisotopic (exact) mass is 352 g/mol. The Bertz CT molecular complexity index is 730. The maximum absolute atomic E-state index is 10.8. The van der Waals surface area contributed by atoms with Crippen LogP contribution in [0.4, 0.5) is 17.2 Å². The van der Waals surface area contributed by atoms with Crippen LogP contribution in [0.2, 0.25) is 5.15 Å². The van der Waals surface area contributed by atoms with Gasteiger partial charge in [-0.25, -0.2) is 4.98 Å². The molecule has 0 fully saturated rings. The smallest absolute Gasteiger partial charge is 0.276 e. The number of benzene rings is 1. The number of aromatic nitrogens is 1. The molecule has 0 amide bonds. The molecule has 0 aliphatic rings. The molecule has 0 atom stereocenters. The molecule has 100 valence electrons. The number of nitro groups is 1. The lowest BCUT2D eigenvalue weighted by Crippen LogP contribution is -1.97. The van der Waals surface area contributed by atoms with Crippen molar-refractivity contribution in [2.24, 2.45) is 0 Å². The molecule has 0 saturated heterocycles. The molecule has 1 heterocycles. The summed E-state index contributed by atoms with van der Waals surface area (Å²) in [5, 5.41) is 22.5. The molecule has 0 radical (unpaired) electrons. The van der Waals surface area contributed by atoms with Crippen LogP contribution in [0.15, 0.2) is 34.8 Å². The Hall–Kier alpha value is -2.17. The summed E-state index contributed by atoms with van der Waals surface area (Å²) in [6.45, 7) is 0. The van der Waals surface area contributed by atoms with E-state index in [4.69, 9.17) is 16.9 Å². The van der Waals surface area contributed by atoms with Crippen molar-refractivity contribution in [2.75, 3.05) is 5.32 Å². The molecule has 20 heavy (non-hydrogen) atoms. The van der Waals surface area contributed by atoms with Crippen LogP contribution in [0, 0.1) is 21.4 Å². The molecule has 0 unspecified atom stereocenters. The molecule has 1 aromatic heterocycles. The van der Waals surface area contributed by atoms with Gasteiger partial charge in [0.25, 0.3) is 5.69 Å². The number of hydrogen-bond donors (Lipinski definition) is 1. The Morgan fingerprint density at radius 1 is 1.40 bits per heavy atom. The third-order valence-corrected chi connectivity index (χ3v) is 3.20. The molecule has 2 aromatic rings. The number of halogens is 2. The number of nitrogens with one attached hydrogen (secondary N) is 1. The summed E-state index contributed by atoms with van der Waals surface area (Å²) < 4.78 is 0.640. The summed E-state index contributed by atoms with van der Waals surface area (Å²) in [6.07, 6.45) is 0. The van der Waals surface area contributed by atoms with Gasteiger partial charge in [-0.3, -0.25) is 10.1 Å². The van der Waals surface area contributed by atoms with Gasteiger partial charge in [-0.1, -0.05) is 11.6 Å². The van der Waals surface area contributed by atoms with Crippen LogP contribution < -0.4 is 5.32 Å². The zero-order chi connectivity index (χ0) is 14.7. The van der Waals surface area contributed by atoms with E-state index in [-0.39, 0.29) is 16.7 Å². The Balaban J connectivity index is 2.35. The van der Waals surface area contributed by atoms with E-state index >= 15 is 0 Å². The minimum absolute atomic E-state index is 0.0199. The SMILES string of the molecule is N#Cc1ccc(Nc2cc([N+](=O)[O-])cc(Cl)n2)c(Br)c1. The first kappa shape index (κ1) is 14.2. The molecule has 0 saturated carbocycles. The first-order valence-electron chi connectivity index (χ1n) is 5.28. The highest BCUT2D eigenvalue weighted by Crippen LogP contribution is 2.28. The molecule has 0 spiro atoms. The Kier molecular flexibility index (Phi) is 4.17. The highest BCUT2D eigenvalue weighted by atomic mass is 79.9. The van der Waals surface area contributed by atoms with E-state index in [1.54, 1.807) is 18.2 Å². The van der Waals surface area contributed by atoms with Crippen LogP contribution in [-0.4, -0.2) is 9.91 Å². The van der Waals surface area contributed by atoms with E-state index in [0.717, 1.165) is 0 Å². The summed E-state index contributed by atoms with van der Waals surface area (Å²) in [4.78, 5) is 14.2. The van der Waals surface area contributed by atoms with Gasteiger partial charge in [0.2, 0.25) is 0 Å². The molecule has 1 N–H and O–H groups in total. The zero-order valence-corrected chi connectivity index (χ0v) is 12.1. The van der Waals surface area contributed by atoms with Gasteiger partial charge < -0.3 is 5.32 Å². The van der Waals surface area contributed by atoms with Gasteiger partial charge in [0.1, 0.15) is 11.0 Å². The molecular formula is C12H6BrClN4O2. The van der Waals surface area contributed by atoms with Crippen LogP contribution in [0.25, 0.3) is 0 Å². The molecule has 6 nitrogen and oxygen atoms in total. The van der Waals surface area contributed by atoms with Crippen molar-refractivity contribution < 1.29 is 4.92 Å². The average molecular weight is 354 g/mol. The van der Waals surface area contributed by atoms with E-state index in [0.29, 0.717) is 15.7 Å². The van der Waals surface area contributed by atoms with E-state index in [2.05, 4.69) is 26.2 Å². The lowest BCUT2D eigenvalue weighted by atomic mass is 10.2. The fourth-order valence-electron chi connectivity index (χ4n) is 1.48. The van der Waals surface area contributed by atoms with E-state index in [1.807, 2.05) is 6.07 Å². The van der Waals surface area contributed by atoms with Crippen molar-refractivity contribution >= 4 is 44.7 Å². The van der Waals surface area contributed by atoms with Gasteiger partial charge in [0.05, 0.1) is 34.4 Å². The summed E-state index contributed by atoms with van der Waals surface area (Å²) >= 11 is 9.04. The van der Waals surface area contributed by atoms with Crippen molar-refractivity contribution in [1.82, 2.24) is 4.98 Å². The van der Waals surface area contributed by atoms with Gasteiger partial charge in [-0.15, -0.1) is 0 Å². The first-order chi connectivity index (χ1) is 9.49. The number of nitrogens with zero attached hydrogens (tertiary/aromatic N) is 3. The second-order valence-electron chi connectivity index (χ2n) is 3.72. The van der Waals surface area contributed by atoms with E-state index < -0.39 is 4.92 Å². The number of hydrogen-bond acceptors (Lipinski definition) is 5. The van der Waals surface area contributed by atoms with Gasteiger partial charge in [-0.05, 0) is 34.1 Å². The van der Waals surface area contributed by atoms with E-state index in [1.165, 1.54) is 12.1 Å². The Labute approximate surface area is 127 Å². The third kappa shape index (κ3) is 3.23. The number of nitriles is 1. The topological polar surface area (TPSA) is 91.8 Å². The van der Waals surface area contributed by atoms with Gasteiger partial charge in [0.15, 0.2) is 0 Å². The quantitative estimate of drug-likeness (QED) is 0.511. The molecule has 0 aliphatic heterocycles. The summed E-state index contributed by atoms with van der Waals surface area (Å²) in [6, 6.07) is 9.36. The Morgan fingerprint density at radius 2 is 2.15 bits per heavy atom. The summed E-state index contributed by atoms with van der Waals surface area (Å²) in [5.41, 5.74) is 0.956. The predicted octanol–water partition coefficient (Wildman–Crippen LogP) is 4.02. The predicted molar refractivity (Wildman–Crippen MR) is 78.0 cm³/mol. The van der Waals surface area contributed by atoms with E-state index in [9.17, 15) is 10.1 Å². The van der Waals surface area contributed by atoms with Crippen molar-refractivity contribution in [3.05, 3.63) is 55.6 Å². The minimum atomic E-state index is -0.549. The molecule has 1 aromatic carbocycles. The fourth-order valence-corrected chi connectivity index (χ4v) is 2.16. The van der Waals surface area contributed by atoms with Gasteiger partial charge in [0, 0.05) is 4.47 Å². The summed E-state index contributed by atoms with van der Waals surface area (Å²) in [5.74, 6) is 0.245. The molecular weight excluding hydrogens is 348 g/mol. The first-order valence-corrected chi connectivity index (χ1v) is 6.45. The maximum Gasteiger partial charge on any atom is 0.276 e. The minimum Gasteiger partial charge on any atom is -0.339 e. The normalized spacial score (nSPS) is 9.85. The molecule has 0 aliphatic carbocycles. The average Bonchev–Trinajstić information content (AvgIpc) is 2.40. The lowest BCUT2D eigenvalue weighted by Gasteiger charge is -2.08. The number of rotatable bonds is 3. The van der Waals surface area contributed by atoms with Crippen molar-refractivity contribution in [1.29, 1.82) is 5.26 Å².